The second-order valence-electron chi connectivity index (χ2n) is 15.3. The number of methoxy groups -OCH3 is 1. The van der Waals surface area contributed by atoms with Crippen LogP contribution in [0.1, 0.15) is 48.0 Å². The maximum absolute atomic E-state index is 10.7. The van der Waals surface area contributed by atoms with Crippen LogP contribution in [0, 0.1) is 0 Å². The second kappa shape index (κ2) is 23.6. The van der Waals surface area contributed by atoms with Gasteiger partial charge in [-0.3, -0.25) is 9.80 Å². The van der Waals surface area contributed by atoms with Gasteiger partial charge in [-0.05, 0) is 82.9 Å². The van der Waals surface area contributed by atoms with Crippen molar-refractivity contribution in [3.63, 3.8) is 0 Å². The molecule has 0 amide bonds. The molecule has 6 nitrogen and oxygen atoms in total. The van der Waals surface area contributed by atoms with E-state index >= 15 is 0 Å². The van der Waals surface area contributed by atoms with Gasteiger partial charge < -0.3 is 21.1 Å². The molecule has 2 saturated heterocycles. The third-order valence-electron chi connectivity index (χ3n) is 11.4. The number of piperazine rings is 2. The van der Waals surface area contributed by atoms with E-state index in [2.05, 4.69) is 68.1 Å². The third kappa shape index (κ3) is 12.9. The first kappa shape index (κ1) is 48.9. The van der Waals surface area contributed by atoms with Crippen LogP contribution in [0.5, 0.6) is 0 Å². The molecule has 0 unspecified atom stereocenters. The molecule has 2 aliphatic heterocycles. The number of rotatable bonds is 11. The van der Waals surface area contributed by atoms with Crippen molar-refractivity contribution in [2.24, 2.45) is 0 Å². The summed E-state index contributed by atoms with van der Waals surface area (Å²) in [6.45, 7) is 6.40. The Morgan fingerprint density at radius 3 is 1.35 bits per heavy atom. The number of nitrogens with zero attached hydrogens (tertiary/aromatic N) is 4. The zero-order valence-corrected chi connectivity index (χ0v) is 41.3. The maximum Gasteiger partial charge on any atom is 1.00 e. The average molecular weight is 962 g/mol. The van der Waals surface area contributed by atoms with Crippen LogP contribution in [0.2, 0.25) is 30.1 Å². The number of benzene rings is 6. The first-order valence-electron chi connectivity index (χ1n) is 20.3. The molecular formula is C49H49Cl6N4NaO2. The van der Waals surface area contributed by atoms with E-state index in [0.717, 1.165) is 73.3 Å². The van der Waals surface area contributed by atoms with Gasteiger partial charge in [0, 0.05) is 79.6 Å². The fraction of sp³-hybridized carbons (Fsp3) is 0.265. The van der Waals surface area contributed by atoms with Gasteiger partial charge in [0.2, 0.25) is 0 Å². The summed E-state index contributed by atoms with van der Waals surface area (Å²) in [7, 11) is 1.78. The average Bonchev–Trinajstić information content (AvgIpc) is 3.27. The quantitative estimate of drug-likeness (QED) is 0.131. The van der Waals surface area contributed by atoms with Crippen LogP contribution in [0.15, 0.2) is 146 Å². The van der Waals surface area contributed by atoms with Gasteiger partial charge in [0.05, 0.1) is 45.7 Å². The number of aliphatic hydroxyl groups is 1. The number of hydrogen-bond acceptors (Lipinski definition) is 6. The van der Waals surface area contributed by atoms with Gasteiger partial charge >= 0.3 is 29.6 Å². The summed E-state index contributed by atoms with van der Waals surface area (Å²) in [5, 5.41) is 14.7. The van der Waals surface area contributed by atoms with Gasteiger partial charge in [0.1, 0.15) is 0 Å². The molecule has 2 fully saturated rings. The van der Waals surface area contributed by atoms with Crippen LogP contribution in [0.25, 0.3) is 0 Å². The van der Waals surface area contributed by atoms with Gasteiger partial charge in [-0.1, -0.05) is 155 Å². The molecule has 62 heavy (non-hydrogen) atoms. The minimum Gasteiger partial charge on any atom is -1.00 e. The van der Waals surface area contributed by atoms with E-state index in [9.17, 15) is 5.11 Å². The largest absolute Gasteiger partial charge is 1.00 e. The van der Waals surface area contributed by atoms with Crippen molar-refractivity contribution in [1.82, 2.24) is 9.80 Å². The summed E-state index contributed by atoms with van der Waals surface area (Å²) in [6, 6.07) is 47.7. The van der Waals surface area contributed by atoms with E-state index < -0.39 is 6.10 Å². The van der Waals surface area contributed by atoms with E-state index in [1.807, 2.05) is 84.9 Å². The van der Waals surface area contributed by atoms with Crippen molar-refractivity contribution in [3.05, 3.63) is 198 Å². The fourth-order valence-electron chi connectivity index (χ4n) is 8.20. The first-order chi connectivity index (χ1) is 29.6. The third-order valence-corrected chi connectivity index (χ3v) is 13.0. The zero-order valence-electron chi connectivity index (χ0n) is 35.7. The molecule has 0 aromatic heterocycles. The number of halogens is 6. The summed E-state index contributed by atoms with van der Waals surface area (Å²) < 4.78 is 5.83. The monoisotopic (exact) mass is 958 g/mol. The molecular weight excluding hydrogens is 912 g/mol. The van der Waals surface area contributed by atoms with Crippen molar-refractivity contribution in [3.8, 4) is 0 Å². The maximum atomic E-state index is 10.7. The SMILES string of the molecule is CO[C@@H](CN1CCN(c2ccc(Cl)cc2Cl)[C@H](c2ccc(Cl)cc2)C1)c1ccccc1.O[C@@H](CN1CCN(c2ccc(Cl)cc2Cl)[C@H](c2ccc(Cl)cc2)C1)c1ccccc1.[H-].[Na+]. The minimum atomic E-state index is -0.525. The van der Waals surface area contributed by atoms with E-state index in [4.69, 9.17) is 74.3 Å². The molecule has 320 valence electrons. The number of β-amino-alcohol motifs (C(OH)–C–C–N with tert-alkyl or cyclic N) is 1. The molecule has 4 atom stereocenters. The van der Waals surface area contributed by atoms with E-state index in [0.29, 0.717) is 31.7 Å². The van der Waals surface area contributed by atoms with Gasteiger partial charge in [-0.25, -0.2) is 0 Å². The van der Waals surface area contributed by atoms with Crippen molar-refractivity contribution in [1.29, 1.82) is 0 Å². The molecule has 0 aliphatic carbocycles. The first-order valence-corrected chi connectivity index (χ1v) is 22.5. The number of hydrogen-bond donors (Lipinski definition) is 1. The summed E-state index contributed by atoms with van der Waals surface area (Å²) in [5.74, 6) is 0. The molecule has 6 aromatic rings. The van der Waals surface area contributed by atoms with Crippen LogP contribution < -0.4 is 39.4 Å². The Kier molecular flexibility index (Phi) is 18.6. The molecule has 0 radical (unpaired) electrons. The molecule has 0 bridgehead atoms. The molecule has 13 heteroatoms. The molecule has 6 aromatic carbocycles. The predicted molar refractivity (Wildman–Crippen MR) is 258 cm³/mol. The van der Waals surface area contributed by atoms with Crippen LogP contribution >= 0.6 is 69.6 Å². The predicted octanol–water partition coefficient (Wildman–Crippen LogP) is 10.3. The summed E-state index contributed by atoms with van der Waals surface area (Å²) in [5.41, 5.74) is 6.44. The normalized spacial score (nSPS) is 18.0. The molecule has 8 rings (SSSR count). The zero-order chi connectivity index (χ0) is 42.9. The van der Waals surface area contributed by atoms with Crippen molar-refractivity contribution in [2.45, 2.75) is 24.3 Å². The van der Waals surface area contributed by atoms with Crippen molar-refractivity contribution in [2.75, 3.05) is 69.3 Å². The van der Waals surface area contributed by atoms with Crippen molar-refractivity contribution < 1.29 is 40.8 Å². The second-order valence-corrected chi connectivity index (χ2v) is 17.9. The molecule has 2 heterocycles. The number of ether oxygens (including phenoxy) is 1. The molecule has 0 saturated carbocycles. The molecule has 1 N–H and O–H groups in total. The topological polar surface area (TPSA) is 42.4 Å². The Morgan fingerprint density at radius 1 is 0.532 bits per heavy atom. The van der Waals surface area contributed by atoms with Gasteiger partial charge in [-0.2, -0.15) is 0 Å². The van der Waals surface area contributed by atoms with Crippen LogP contribution in [-0.4, -0.2) is 74.4 Å². The van der Waals surface area contributed by atoms with E-state index in [1.54, 1.807) is 19.2 Å². The van der Waals surface area contributed by atoms with Crippen molar-refractivity contribution >= 4 is 81.0 Å². The Morgan fingerprint density at radius 2 is 0.935 bits per heavy atom. The Balaban J connectivity index is 0.000000230. The smallest absolute Gasteiger partial charge is 1.00 e. The standard InChI is InChI=1S/C25H25Cl3N2O.C24H23Cl3N2O.Na.H/c1-31-25(19-5-3-2-4-6-19)17-29-13-14-30(23-12-11-21(27)15-22(23)28)24(16-29)18-7-9-20(26)10-8-18;25-19-8-6-17(7-9-19)23-15-28(16-24(30)18-4-2-1-3-5-18)12-13-29(23)22-11-10-20(26)14-21(22)27;;/h2-12,15,24-25H,13-14,16-17H2,1H3;1-11,14,23-24,30H,12-13,15-16H2;;/q;;+1;-1/t24-,25-;23-,24-;;/m00../s1. The van der Waals surface area contributed by atoms with Gasteiger partial charge in [-0.15, -0.1) is 0 Å². The van der Waals surface area contributed by atoms with Crippen LogP contribution in [0.3, 0.4) is 0 Å². The summed E-state index contributed by atoms with van der Waals surface area (Å²) in [4.78, 5) is 9.44. The van der Waals surface area contributed by atoms with Gasteiger partial charge in [0.25, 0.3) is 0 Å². The van der Waals surface area contributed by atoms with Crippen LogP contribution in [-0.2, 0) is 4.74 Å². The molecule has 0 spiro atoms. The number of aliphatic hydroxyl groups excluding tert-OH is 1. The number of anilines is 2. The Labute approximate surface area is 419 Å². The summed E-state index contributed by atoms with van der Waals surface area (Å²) >= 11 is 37.7. The fourth-order valence-corrected chi connectivity index (χ4v) is 9.49. The van der Waals surface area contributed by atoms with E-state index in [-0.39, 0.29) is 49.2 Å². The Bertz CT molecular complexity index is 2320. The van der Waals surface area contributed by atoms with E-state index in [1.165, 1.54) is 11.1 Å². The molecule has 2 aliphatic rings. The minimum absolute atomic E-state index is 0. The van der Waals surface area contributed by atoms with Crippen LogP contribution in [0.4, 0.5) is 11.4 Å². The summed E-state index contributed by atoms with van der Waals surface area (Å²) in [6.07, 6.45) is -0.500. The Hall–Kier alpha value is -2.50. The van der Waals surface area contributed by atoms with Gasteiger partial charge in [0.15, 0.2) is 0 Å².